The van der Waals surface area contributed by atoms with Gasteiger partial charge in [0.1, 0.15) is 5.82 Å². The predicted molar refractivity (Wildman–Crippen MR) is 117 cm³/mol. The number of benzene rings is 2. The fourth-order valence-electron chi connectivity index (χ4n) is 2.90. The molecule has 27 heavy (non-hydrogen) atoms. The molecule has 0 bridgehead atoms. The number of nitrogens with zero attached hydrogens (tertiary/aromatic N) is 3. The normalized spacial score (nSPS) is 16.3. The first-order chi connectivity index (χ1) is 13.1. The summed E-state index contributed by atoms with van der Waals surface area (Å²) in [6.45, 7) is 2.08. The number of aromatic nitrogens is 3. The SMILES string of the molecule is Cc1ccc(-c2nc(-c3ccc(Br)cc3)nc(C3C=CC(Br)=CC3)n2)cc1. The van der Waals surface area contributed by atoms with Gasteiger partial charge in [-0.3, -0.25) is 0 Å². The first kappa shape index (κ1) is 18.3. The van der Waals surface area contributed by atoms with Crippen LogP contribution in [-0.4, -0.2) is 15.0 Å². The minimum atomic E-state index is 0.146. The zero-order valence-corrected chi connectivity index (χ0v) is 17.9. The molecule has 3 nitrogen and oxygen atoms in total. The van der Waals surface area contributed by atoms with Crippen LogP contribution in [0.3, 0.4) is 0 Å². The third-order valence-corrected chi connectivity index (χ3v) is 5.57. The van der Waals surface area contributed by atoms with Crippen molar-refractivity contribution >= 4 is 31.9 Å². The van der Waals surface area contributed by atoms with Crippen LogP contribution in [0.15, 0.2) is 75.7 Å². The van der Waals surface area contributed by atoms with Crippen LogP contribution in [0.5, 0.6) is 0 Å². The summed E-state index contributed by atoms with van der Waals surface area (Å²) in [5.74, 6) is 2.35. The lowest BCUT2D eigenvalue weighted by Gasteiger charge is -2.15. The topological polar surface area (TPSA) is 38.7 Å². The molecule has 0 fully saturated rings. The molecule has 4 rings (SSSR count). The van der Waals surface area contributed by atoms with E-state index in [2.05, 4.69) is 81.3 Å². The molecule has 134 valence electrons. The van der Waals surface area contributed by atoms with E-state index in [9.17, 15) is 0 Å². The number of aryl methyl sites for hydroxylation is 1. The van der Waals surface area contributed by atoms with Gasteiger partial charge in [0.25, 0.3) is 0 Å². The largest absolute Gasteiger partial charge is 0.212 e. The van der Waals surface area contributed by atoms with Gasteiger partial charge in [-0.25, -0.2) is 15.0 Å². The summed E-state index contributed by atoms with van der Waals surface area (Å²) in [5, 5.41) is 0. The Hall–Kier alpha value is -2.11. The molecule has 1 aliphatic rings. The summed E-state index contributed by atoms with van der Waals surface area (Å²) >= 11 is 7.01. The molecule has 2 aromatic carbocycles. The van der Waals surface area contributed by atoms with E-state index < -0.39 is 0 Å². The Bertz CT molecular complexity index is 959. The molecular weight excluding hydrogens is 466 g/mol. The molecule has 0 saturated heterocycles. The van der Waals surface area contributed by atoms with Gasteiger partial charge < -0.3 is 0 Å². The van der Waals surface area contributed by atoms with Crippen LogP contribution < -0.4 is 0 Å². The number of hydrogen-bond acceptors (Lipinski definition) is 3. The Morgan fingerprint density at radius 2 is 1.41 bits per heavy atom. The highest BCUT2D eigenvalue weighted by molar-refractivity contribution is 9.12. The maximum absolute atomic E-state index is 4.80. The molecular formula is C22H17Br2N3. The molecule has 5 heteroatoms. The molecule has 0 radical (unpaired) electrons. The molecule has 0 saturated carbocycles. The molecule has 0 aliphatic heterocycles. The summed E-state index contributed by atoms with van der Waals surface area (Å²) in [4.78, 5) is 14.3. The van der Waals surface area contributed by atoms with Crippen molar-refractivity contribution in [3.8, 4) is 22.8 Å². The molecule has 0 amide bonds. The second-order valence-corrected chi connectivity index (χ2v) is 8.34. The first-order valence-electron chi connectivity index (χ1n) is 8.71. The average molecular weight is 483 g/mol. The highest BCUT2D eigenvalue weighted by Gasteiger charge is 2.18. The third-order valence-electron chi connectivity index (χ3n) is 4.45. The van der Waals surface area contributed by atoms with Crippen LogP contribution in [0, 0.1) is 6.92 Å². The maximum atomic E-state index is 4.80. The Labute approximate surface area is 175 Å². The van der Waals surface area contributed by atoms with Crippen molar-refractivity contribution < 1.29 is 0 Å². The van der Waals surface area contributed by atoms with Crippen LogP contribution in [0.25, 0.3) is 22.8 Å². The first-order valence-corrected chi connectivity index (χ1v) is 10.3. The molecule has 1 heterocycles. The van der Waals surface area contributed by atoms with Crippen LogP contribution in [0.4, 0.5) is 0 Å². The maximum Gasteiger partial charge on any atom is 0.163 e. The van der Waals surface area contributed by atoms with Gasteiger partial charge in [-0.1, -0.05) is 92.0 Å². The predicted octanol–water partition coefficient (Wildman–Crippen LogP) is 6.60. The second kappa shape index (κ2) is 7.87. The van der Waals surface area contributed by atoms with Gasteiger partial charge in [0.05, 0.1) is 0 Å². The number of rotatable bonds is 3. The number of allylic oxidation sites excluding steroid dienone is 4. The Morgan fingerprint density at radius 1 is 0.815 bits per heavy atom. The van der Waals surface area contributed by atoms with E-state index in [4.69, 9.17) is 15.0 Å². The smallest absolute Gasteiger partial charge is 0.163 e. The quantitative estimate of drug-likeness (QED) is 0.422. The molecule has 1 aliphatic carbocycles. The number of halogens is 2. The van der Waals surface area contributed by atoms with Gasteiger partial charge in [-0.05, 0) is 25.5 Å². The van der Waals surface area contributed by atoms with Gasteiger partial charge in [-0.2, -0.15) is 0 Å². The average Bonchev–Trinajstić information content (AvgIpc) is 2.69. The van der Waals surface area contributed by atoms with Crippen molar-refractivity contribution in [1.82, 2.24) is 15.0 Å². The van der Waals surface area contributed by atoms with Gasteiger partial charge >= 0.3 is 0 Å². The van der Waals surface area contributed by atoms with Crippen molar-refractivity contribution in [3.63, 3.8) is 0 Å². The summed E-state index contributed by atoms with van der Waals surface area (Å²) < 4.78 is 2.13. The summed E-state index contributed by atoms with van der Waals surface area (Å²) in [7, 11) is 0. The van der Waals surface area contributed by atoms with E-state index >= 15 is 0 Å². The van der Waals surface area contributed by atoms with Gasteiger partial charge in [0.15, 0.2) is 11.6 Å². The minimum absolute atomic E-state index is 0.146. The van der Waals surface area contributed by atoms with E-state index in [-0.39, 0.29) is 5.92 Å². The molecule has 0 spiro atoms. The lowest BCUT2D eigenvalue weighted by Crippen LogP contribution is -2.08. The summed E-state index contributed by atoms with van der Waals surface area (Å²) in [6.07, 6.45) is 7.22. The van der Waals surface area contributed by atoms with E-state index in [0.29, 0.717) is 11.6 Å². The van der Waals surface area contributed by atoms with Crippen molar-refractivity contribution in [3.05, 3.63) is 87.1 Å². The fraction of sp³-hybridized carbons (Fsp3) is 0.136. The lowest BCUT2D eigenvalue weighted by atomic mass is 10.00. The van der Waals surface area contributed by atoms with E-state index in [0.717, 1.165) is 32.3 Å². The standard InChI is InChI=1S/C22H17Br2N3/c1-14-2-4-15(5-3-14)20-25-21(16-6-10-18(23)11-7-16)27-22(26-20)17-8-12-19(24)13-9-17/h2-8,10-13,17H,9H2,1H3. The van der Waals surface area contributed by atoms with Crippen LogP contribution in [-0.2, 0) is 0 Å². The zero-order valence-electron chi connectivity index (χ0n) is 14.7. The Balaban J connectivity index is 1.82. The van der Waals surface area contributed by atoms with E-state index in [1.807, 2.05) is 24.3 Å². The van der Waals surface area contributed by atoms with Crippen molar-refractivity contribution in [2.75, 3.05) is 0 Å². The van der Waals surface area contributed by atoms with Gasteiger partial charge in [0, 0.05) is 26.0 Å². The highest BCUT2D eigenvalue weighted by atomic mass is 79.9. The highest BCUT2D eigenvalue weighted by Crippen LogP contribution is 2.29. The summed E-state index contributed by atoms with van der Waals surface area (Å²) in [5.41, 5.74) is 3.19. The summed E-state index contributed by atoms with van der Waals surface area (Å²) in [6, 6.07) is 16.3. The third kappa shape index (κ3) is 4.25. The van der Waals surface area contributed by atoms with E-state index in [1.54, 1.807) is 0 Å². The molecule has 1 atom stereocenters. The van der Waals surface area contributed by atoms with Crippen molar-refractivity contribution in [2.45, 2.75) is 19.3 Å². The second-order valence-electron chi connectivity index (χ2n) is 6.50. The Kier molecular flexibility index (Phi) is 5.32. The van der Waals surface area contributed by atoms with Gasteiger partial charge in [0.2, 0.25) is 0 Å². The lowest BCUT2D eigenvalue weighted by molar-refractivity contribution is 0.763. The molecule has 0 N–H and O–H groups in total. The van der Waals surface area contributed by atoms with Crippen molar-refractivity contribution in [2.24, 2.45) is 0 Å². The van der Waals surface area contributed by atoms with Crippen molar-refractivity contribution in [1.29, 1.82) is 0 Å². The van der Waals surface area contributed by atoms with Gasteiger partial charge in [-0.15, -0.1) is 0 Å². The minimum Gasteiger partial charge on any atom is -0.212 e. The zero-order chi connectivity index (χ0) is 18.8. The monoisotopic (exact) mass is 481 g/mol. The van der Waals surface area contributed by atoms with Crippen LogP contribution in [0.2, 0.25) is 0 Å². The van der Waals surface area contributed by atoms with Crippen LogP contribution >= 0.6 is 31.9 Å². The molecule has 1 unspecified atom stereocenters. The van der Waals surface area contributed by atoms with Crippen LogP contribution in [0.1, 0.15) is 23.7 Å². The molecule has 3 aromatic rings. The molecule has 1 aromatic heterocycles. The fourth-order valence-corrected chi connectivity index (χ4v) is 3.51. The number of hydrogen-bond donors (Lipinski definition) is 0. The van der Waals surface area contributed by atoms with E-state index in [1.165, 1.54) is 5.56 Å². The Morgan fingerprint density at radius 3 is 1.96 bits per heavy atom.